The second kappa shape index (κ2) is 8.48. The molecule has 3 aromatic rings. The number of benzene rings is 1. The van der Waals surface area contributed by atoms with Crippen LogP contribution >= 0.6 is 22.9 Å². The van der Waals surface area contributed by atoms with Crippen LogP contribution in [0, 0.1) is 5.82 Å². The summed E-state index contributed by atoms with van der Waals surface area (Å²) >= 11 is 7.34. The second-order valence-electron chi connectivity index (χ2n) is 6.22. The lowest BCUT2D eigenvalue weighted by Crippen LogP contribution is -2.12. The van der Waals surface area contributed by atoms with Gasteiger partial charge in [-0.15, -0.1) is 11.3 Å². The zero-order chi connectivity index (χ0) is 21.2. The molecule has 2 heterocycles. The molecular weight excluding hydrogens is 437 g/mol. The number of hydrogen-bond donors (Lipinski definition) is 2. The molecule has 1 amide bonds. The fourth-order valence-electron chi connectivity index (χ4n) is 2.68. The fourth-order valence-corrected chi connectivity index (χ4v) is 4.47. The quantitative estimate of drug-likeness (QED) is 0.561. The van der Waals surface area contributed by atoms with Crippen LogP contribution in [0.1, 0.15) is 21.5 Å². The highest BCUT2D eigenvalue weighted by atomic mass is 35.5. The number of pyridine rings is 1. The predicted molar refractivity (Wildman–Crippen MR) is 115 cm³/mol. The zero-order valence-electron chi connectivity index (χ0n) is 15.5. The number of carbonyl (C=O) groups is 1. The number of aromatic nitrogens is 1. The minimum atomic E-state index is -3.48. The highest BCUT2D eigenvalue weighted by Crippen LogP contribution is 2.32. The van der Waals surface area contributed by atoms with E-state index < -0.39 is 15.8 Å². The summed E-state index contributed by atoms with van der Waals surface area (Å²) in [4.78, 5) is 18.2. The Labute approximate surface area is 176 Å². The summed E-state index contributed by atoms with van der Waals surface area (Å²) in [5, 5.41) is 2.99. The number of nitrogens with zero attached hydrogens (tertiary/aromatic N) is 1. The minimum Gasteiger partial charge on any atom is -0.321 e. The molecule has 0 unspecified atom stereocenters. The average molecular weight is 454 g/mol. The van der Waals surface area contributed by atoms with Gasteiger partial charge in [-0.3, -0.25) is 14.5 Å². The van der Waals surface area contributed by atoms with Crippen molar-refractivity contribution in [2.24, 2.45) is 0 Å². The van der Waals surface area contributed by atoms with Crippen molar-refractivity contribution in [2.45, 2.75) is 13.3 Å². The summed E-state index contributed by atoms with van der Waals surface area (Å²) < 4.78 is 38.3. The summed E-state index contributed by atoms with van der Waals surface area (Å²) in [6, 6.07) is 9.03. The highest BCUT2D eigenvalue weighted by molar-refractivity contribution is 7.92. The zero-order valence-corrected chi connectivity index (χ0v) is 17.9. The summed E-state index contributed by atoms with van der Waals surface area (Å²) in [6.07, 6.45) is 2.84. The molecule has 0 spiro atoms. The topological polar surface area (TPSA) is 88.2 Å². The van der Waals surface area contributed by atoms with Gasteiger partial charge in [0.05, 0.1) is 28.7 Å². The maximum Gasteiger partial charge on any atom is 0.265 e. The van der Waals surface area contributed by atoms with Gasteiger partial charge in [0, 0.05) is 21.2 Å². The molecule has 1 aromatic carbocycles. The Morgan fingerprint density at radius 2 is 1.93 bits per heavy atom. The molecule has 0 atom stereocenters. The molecule has 152 valence electrons. The standard InChI is InChI=1S/C19H17ClFN3O3S2/c1-3-17-15(16-5-4-12(21)10-22-16)9-18(28-17)19(25)23-13-6-11(20)7-14(8-13)24-29(2,26)27/h4-10,24H,3H2,1-2H3,(H,23,25). The fraction of sp³-hybridized carbons (Fsp3) is 0.158. The van der Waals surface area contributed by atoms with Crippen LogP contribution in [0.2, 0.25) is 5.02 Å². The monoisotopic (exact) mass is 453 g/mol. The molecule has 2 N–H and O–H groups in total. The third kappa shape index (κ3) is 5.53. The van der Waals surface area contributed by atoms with E-state index in [4.69, 9.17) is 11.6 Å². The van der Waals surface area contributed by atoms with Crippen LogP contribution in [-0.2, 0) is 16.4 Å². The lowest BCUT2D eigenvalue weighted by Gasteiger charge is -2.09. The number of amides is 1. The van der Waals surface area contributed by atoms with Crippen LogP contribution in [-0.4, -0.2) is 25.6 Å². The number of rotatable bonds is 6. The first-order chi connectivity index (χ1) is 13.6. The van der Waals surface area contributed by atoms with Gasteiger partial charge in [-0.05, 0) is 42.8 Å². The van der Waals surface area contributed by atoms with Gasteiger partial charge in [0.15, 0.2) is 0 Å². The molecule has 3 rings (SSSR count). The molecule has 0 aliphatic rings. The Hall–Kier alpha value is -2.49. The van der Waals surface area contributed by atoms with E-state index >= 15 is 0 Å². The minimum absolute atomic E-state index is 0.243. The summed E-state index contributed by atoms with van der Waals surface area (Å²) in [7, 11) is -3.48. The number of sulfonamides is 1. The van der Waals surface area contributed by atoms with Crippen molar-refractivity contribution in [1.29, 1.82) is 0 Å². The number of anilines is 2. The molecule has 0 radical (unpaired) electrons. The van der Waals surface area contributed by atoms with E-state index in [1.54, 1.807) is 12.1 Å². The third-order valence-electron chi connectivity index (χ3n) is 3.82. The summed E-state index contributed by atoms with van der Waals surface area (Å²) in [6.45, 7) is 1.96. The van der Waals surface area contributed by atoms with Crippen LogP contribution in [0.5, 0.6) is 0 Å². The number of carbonyl (C=O) groups excluding carboxylic acids is 1. The first kappa shape index (κ1) is 21.2. The average Bonchev–Trinajstić information content (AvgIpc) is 3.05. The summed E-state index contributed by atoms with van der Waals surface area (Å²) in [5.74, 6) is -0.801. The number of thiophene rings is 1. The van der Waals surface area contributed by atoms with E-state index in [-0.39, 0.29) is 16.6 Å². The van der Waals surface area contributed by atoms with Crippen molar-refractivity contribution in [3.8, 4) is 11.3 Å². The third-order valence-corrected chi connectivity index (χ3v) is 5.92. The van der Waals surface area contributed by atoms with Gasteiger partial charge >= 0.3 is 0 Å². The molecule has 29 heavy (non-hydrogen) atoms. The Kier molecular flexibility index (Phi) is 6.21. The number of aryl methyl sites for hydroxylation is 1. The SMILES string of the molecule is CCc1sc(C(=O)Nc2cc(Cl)cc(NS(C)(=O)=O)c2)cc1-c1ccc(F)cn1. The van der Waals surface area contributed by atoms with Gasteiger partial charge in [-0.2, -0.15) is 0 Å². The van der Waals surface area contributed by atoms with Crippen molar-refractivity contribution < 1.29 is 17.6 Å². The second-order valence-corrected chi connectivity index (χ2v) is 9.54. The lowest BCUT2D eigenvalue weighted by molar-refractivity contribution is 0.103. The van der Waals surface area contributed by atoms with Crippen molar-refractivity contribution >= 4 is 50.2 Å². The molecule has 0 fully saturated rings. The van der Waals surface area contributed by atoms with Crippen molar-refractivity contribution in [3.63, 3.8) is 0 Å². The molecule has 6 nitrogen and oxygen atoms in total. The molecule has 0 saturated carbocycles. The van der Waals surface area contributed by atoms with E-state index in [2.05, 4.69) is 15.0 Å². The first-order valence-corrected chi connectivity index (χ1v) is 11.6. The van der Waals surface area contributed by atoms with Crippen molar-refractivity contribution in [2.75, 3.05) is 16.3 Å². The van der Waals surface area contributed by atoms with E-state index in [0.29, 0.717) is 22.7 Å². The van der Waals surface area contributed by atoms with Crippen LogP contribution < -0.4 is 10.0 Å². The largest absolute Gasteiger partial charge is 0.321 e. The van der Waals surface area contributed by atoms with Crippen LogP contribution in [0.3, 0.4) is 0 Å². The van der Waals surface area contributed by atoms with Gasteiger partial charge in [-0.25, -0.2) is 12.8 Å². The van der Waals surface area contributed by atoms with E-state index in [1.807, 2.05) is 6.92 Å². The highest BCUT2D eigenvalue weighted by Gasteiger charge is 2.17. The maximum atomic E-state index is 13.2. The van der Waals surface area contributed by atoms with Gasteiger partial charge in [0.25, 0.3) is 5.91 Å². The van der Waals surface area contributed by atoms with Gasteiger partial charge in [0.1, 0.15) is 5.82 Å². The Morgan fingerprint density at radius 3 is 2.55 bits per heavy atom. The Bertz CT molecular complexity index is 1160. The van der Waals surface area contributed by atoms with E-state index in [1.165, 1.54) is 35.6 Å². The normalized spacial score (nSPS) is 11.3. The Morgan fingerprint density at radius 1 is 1.21 bits per heavy atom. The van der Waals surface area contributed by atoms with Gasteiger partial charge in [0.2, 0.25) is 10.0 Å². The molecular formula is C19H17ClFN3O3S2. The van der Waals surface area contributed by atoms with E-state index in [9.17, 15) is 17.6 Å². The van der Waals surface area contributed by atoms with Gasteiger partial charge in [-0.1, -0.05) is 18.5 Å². The van der Waals surface area contributed by atoms with Gasteiger partial charge < -0.3 is 5.32 Å². The molecule has 0 saturated heterocycles. The number of hydrogen-bond acceptors (Lipinski definition) is 5. The summed E-state index contributed by atoms with van der Waals surface area (Å²) in [5.41, 5.74) is 1.95. The lowest BCUT2D eigenvalue weighted by atomic mass is 10.1. The van der Waals surface area contributed by atoms with Crippen LogP contribution in [0.4, 0.5) is 15.8 Å². The van der Waals surface area contributed by atoms with Crippen molar-refractivity contribution in [3.05, 3.63) is 63.2 Å². The van der Waals surface area contributed by atoms with Crippen LogP contribution in [0.15, 0.2) is 42.6 Å². The molecule has 0 aliphatic heterocycles. The predicted octanol–water partition coefficient (Wildman–Crippen LogP) is 4.79. The molecule has 2 aromatic heterocycles. The number of halogens is 2. The molecule has 0 bridgehead atoms. The molecule has 10 heteroatoms. The van der Waals surface area contributed by atoms with E-state index in [0.717, 1.165) is 22.9 Å². The first-order valence-electron chi connectivity index (χ1n) is 8.49. The van der Waals surface area contributed by atoms with Crippen LogP contribution in [0.25, 0.3) is 11.3 Å². The number of nitrogens with one attached hydrogen (secondary N) is 2. The molecule has 0 aliphatic carbocycles. The Balaban J connectivity index is 1.87. The smallest absolute Gasteiger partial charge is 0.265 e. The van der Waals surface area contributed by atoms with Crippen molar-refractivity contribution in [1.82, 2.24) is 4.98 Å². The maximum absolute atomic E-state index is 13.2.